The molecule has 0 bridgehead atoms. The van der Waals surface area contributed by atoms with Gasteiger partial charge in [0.1, 0.15) is 5.52 Å². The van der Waals surface area contributed by atoms with Crippen LogP contribution in [0.15, 0.2) is 199 Å². The summed E-state index contributed by atoms with van der Waals surface area (Å²) >= 11 is 0. The van der Waals surface area contributed by atoms with Gasteiger partial charge >= 0.3 is 0 Å². The summed E-state index contributed by atoms with van der Waals surface area (Å²) in [7, 11) is 0. The minimum atomic E-state index is 0.586. The quantitative estimate of drug-likeness (QED) is 0.176. The average molecular weight is 677 g/mol. The Balaban J connectivity index is 1.09. The van der Waals surface area contributed by atoms with Crippen molar-refractivity contribution >= 4 is 32.6 Å². The molecule has 0 radical (unpaired) electrons. The number of fused-ring (bicyclic) bond motifs is 3. The number of nitrogens with zero attached hydrogens (tertiary/aromatic N) is 2. The van der Waals surface area contributed by atoms with Crippen LogP contribution in [0, 0.1) is 0 Å². The molecule has 0 N–H and O–H groups in total. The maximum absolute atomic E-state index is 6.63. The number of hydrogen-bond donors (Lipinski definition) is 0. The van der Waals surface area contributed by atoms with E-state index < -0.39 is 0 Å². The number of hydrogen-bond acceptors (Lipinski definition) is 3. The molecular formula is C50H32N2O. The lowest BCUT2D eigenvalue weighted by atomic mass is 9.93. The van der Waals surface area contributed by atoms with E-state index in [-0.39, 0.29) is 0 Å². The van der Waals surface area contributed by atoms with Crippen LogP contribution in [-0.2, 0) is 0 Å². The second kappa shape index (κ2) is 12.9. The molecule has 0 aliphatic rings. The van der Waals surface area contributed by atoms with Crippen LogP contribution >= 0.6 is 0 Å². The number of rotatable bonds is 6. The zero-order chi connectivity index (χ0) is 35.1. The van der Waals surface area contributed by atoms with E-state index in [1.807, 2.05) is 18.3 Å². The largest absolute Gasteiger partial charge is 0.436 e. The van der Waals surface area contributed by atoms with Gasteiger partial charge in [-0.25, -0.2) is 4.98 Å². The molecule has 0 amide bonds. The molecule has 248 valence electrons. The van der Waals surface area contributed by atoms with Gasteiger partial charge in [0.15, 0.2) is 5.58 Å². The molecule has 0 atom stereocenters. The average Bonchev–Trinajstić information content (AvgIpc) is 3.68. The normalized spacial score (nSPS) is 11.4. The van der Waals surface area contributed by atoms with Gasteiger partial charge in [-0.2, -0.15) is 0 Å². The molecule has 2 aromatic heterocycles. The maximum Gasteiger partial charge on any atom is 0.227 e. The van der Waals surface area contributed by atoms with Crippen LogP contribution in [0.5, 0.6) is 0 Å². The summed E-state index contributed by atoms with van der Waals surface area (Å²) in [6, 6.07) is 64.5. The smallest absolute Gasteiger partial charge is 0.227 e. The fourth-order valence-corrected chi connectivity index (χ4v) is 7.53. The molecule has 0 unspecified atom stereocenters. The molecule has 2 heterocycles. The lowest BCUT2D eigenvalue weighted by molar-refractivity contribution is 0.620. The van der Waals surface area contributed by atoms with Crippen molar-refractivity contribution in [3.05, 3.63) is 194 Å². The molecule has 0 fully saturated rings. The molecule has 53 heavy (non-hydrogen) atoms. The summed E-state index contributed by atoms with van der Waals surface area (Å²) in [4.78, 5) is 9.47. The van der Waals surface area contributed by atoms with Crippen LogP contribution in [-0.4, -0.2) is 9.97 Å². The Labute approximate surface area is 307 Å². The van der Waals surface area contributed by atoms with Crippen LogP contribution in [0.2, 0.25) is 0 Å². The highest BCUT2D eigenvalue weighted by atomic mass is 16.3. The topological polar surface area (TPSA) is 38.9 Å². The summed E-state index contributed by atoms with van der Waals surface area (Å²) in [5, 5.41) is 4.97. The zero-order valence-corrected chi connectivity index (χ0v) is 28.8. The van der Waals surface area contributed by atoms with Crippen molar-refractivity contribution in [2.75, 3.05) is 0 Å². The van der Waals surface area contributed by atoms with E-state index in [1.165, 1.54) is 43.8 Å². The summed E-state index contributed by atoms with van der Waals surface area (Å²) in [6.07, 6.45) is 3.67. The van der Waals surface area contributed by atoms with Crippen molar-refractivity contribution in [2.24, 2.45) is 0 Å². The van der Waals surface area contributed by atoms with Crippen molar-refractivity contribution < 1.29 is 4.42 Å². The first kappa shape index (κ1) is 30.7. The number of oxazole rings is 1. The highest BCUT2D eigenvalue weighted by molar-refractivity contribution is 6.00. The number of aromatic nitrogens is 2. The first-order valence-electron chi connectivity index (χ1n) is 17.9. The molecule has 10 rings (SSSR count). The summed E-state index contributed by atoms with van der Waals surface area (Å²) in [6.45, 7) is 0. The summed E-state index contributed by atoms with van der Waals surface area (Å²) in [5.74, 6) is 0.586. The Hall–Kier alpha value is -7.10. The van der Waals surface area contributed by atoms with Crippen molar-refractivity contribution in [2.45, 2.75) is 0 Å². The Morgan fingerprint density at radius 3 is 1.55 bits per heavy atom. The first-order valence-corrected chi connectivity index (χ1v) is 17.9. The van der Waals surface area contributed by atoms with Crippen molar-refractivity contribution in [3.63, 3.8) is 0 Å². The standard InChI is InChI=1S/C50H32N2O/c1-3-16-43-34(9-1)11-6-18-45(43)36-22-20-33(21-23-36)42-30-47(38-26-24-37(25-27-38)46-19-7-12-35-10-2-4-17-44(35)46)49-48(31-42)53-50(52-49)40-14-5-13-39(29-40)41-15-8-28-51-32-41/h1-32H. The highest BCUT2D eigenvalue weighted by Crippen LogP contribution is 2.39. The third-order valence-electron chi connectivity index (χ3n) is 10.2. The van der Waals surface area contributed by atoms with Gasteiger partial charge in [0.2, 0.25) is 5.89 Å². The number of pyridine rings is 1. The molecule has 0 spiro atoms. The fraction of sp³-hybridized carbons (Fsp3) is 0. The molecule has 0 saturated heterocycles. The molecule has 0 aliphatic carbocycles. The van der Waals surface area contributed by atoms with Crippen LogP contribution in [0.3, 0.4) is 0 Å². The van der Waals surface area contributed by atoms with Crippen LogP contribution in [0.1, 0.15) is 0 Å². The summed E-state index contributed by atoms with van der Waals surface area (Å²) in [5.41, 5.74) is 13.7. The third kappa shape index (κ3) is 5.65. The van der Waals surface area contributed by atoms with Crippen LogP contribution < -0.4 is 0 Å². The van der Waals surface area contributed by atoms with Crippen molar-refractivity contribution in [1.82, 2.24) is 9.97 Å². The molecule has 8 aromatic carbocycles. The maximum atomic E-state index is 6.63. The van der Waals surface area contributed by atoms with E-state index in [1.54, 1.807) is 6.20 Å². The second-order valence-corrected chi connectivity index (χ2v) is 13.4. The number of benzene rings is 8. The Morgan fingerprint density at radius 1 is 0.358 bits per heavy atom. The Morgan fingerprint density at radius 2 is 0.906 bits per heavy atom. The summed E-state index contributed by atoms with van der Waals surface area (Å²) < 4.78 is 6.63. The first-order chi connectivity index (χ1) is 26.2. The zero-order valence-electron chi connectivity index (χ0n) is 28.8. The van der Waals surface area contributed by atoms with Gasteiger partial charge in [-0.15, -0.1) is 0 Å². The molecule has 3 heteroatoms. The van der Waals surface area contributed by atoms with Crippen LogP contribution in [0.4, 0.5) is 0 Å². The minimum absolute atomic E-state index is 0.586. The van der Waals surface area contributed by atoms with Crippen molar-refractivity contribution in [3.8, 4) is 67.1 Å². The molecule has 0 saturated carbocycles. The van der Waals surface area contributed by atoms with E-state index in [2.05, 4.69) is 175 Å². The minimum Gasteiger partial charge on any atom is -0.436 e. The van der Waals surface area contributed by atoms with Gasteiger partial charge in [-0.3, -0.25) is 4.98 Å². The van der Waals surface area contributed by atoms with Gasteiger partial charge < -0.3 is 4.42 Å². The van der Waals surface area contributed by atoms with Gasteiger partial charge in [0, 0.05) is 29.1 Å². The molecule has 0 aliphatic heterocycles. The predicted octanol–water partition coefficient (Wildman–Crippen LogP) is 13.5. The monoisotopic (exact) mass is 676 g/mol. The SMILES string of the molecule is c1cncc(-c2cccc(-c3nc4c(-c5ccc(-c6cccc7ccccc67)cc5)cc(-c5ccc(-c6cccc7ccccc67)cc5)cc4o3)c2)c1. The molecular weight excluding hydrogens is 645 g/mol. The van der Waals surface area contributed by atoms with Gasteiger partial charge in [0.05, 0.1) is 0 Å². The third-order valence-corrected chi connectivity index (χ3v) is 10.2. The highest BCUT2D eigenvalue weighted by Gasteiger charge is 2.17. The molecule has 10 aromatic rings. The second-order valence-electron chi connectivity index (χ2n) is 13.4. The Bertz CT molecular complexity index is 2910. The van der Waals surface area contributed by atoms with Gasteiger partial charge in [-0.05, 0) is 96.4 Å². The predicted molar refractivity (Wildman–Crippen MR) is 219 cm³/mol. The van der Waals surface area contributed by atoms with E-state index in [4.69, 9.17) is 9.40 Å². The van der Waals surface area contributed by atoms with Crippen LogP contribution in [0.25, 0.3) is 99.7 Å². The van der Waals surface area contributed by atoms with E-state index in [0.29, 0.717) is 5.89 Å². The van der Waals surface area contributed by atoms with E-state index >= 15 is 0 Å². The lowest BCUT2D eigenvalue weighted by Crippen LogP contribution is -1.87. The van der Waals surface area contributed by atoms with E-state index in [9.17, 15) is 0 Å². The molecule has 3 nitrogen and oxygen atoms in total. The van der Waals surface area contributed by atoms with Gasteiger partial charge in [-0.1, -0.05) is 152 Å². The fourth-order valence-electron chi connectivity index (χ4n) is 7.53. The van der Waals surface area contributed by atoms with Crippen molar-refractivity contribution in [1.29, 1.82) is 0 Å². The van der Waals surface area contributed by atoms with Gasteiger partial charge in [0.25, 0.3) is 0 Å². The van der Waals surface area contributed by atoms with E-state index in [0.717, 1.165) is 50.0 Å². The Kier molecular flexibility index (Phi) is 7.47. The lowest BCUT2D eigenvalue weighted by Gasteiger charge is -2.11.